The summed E-state index contributed by atoms with van der Waals surface area (Å²) >= 11 is 10.2. The number of nitrogens with zero attached hydrogens (tertiary/aromatic N) is 8. The van der Waals surface area contributed by atoms with Crippen LogP contribution >= 0.6 is 61.3 Å². The van der Waals surface area contributed by atoms with Crippen LogP contribution in [-0.4, -0.2) is 56.5 Å². The molecule has 0 unspecified atom stereocenters. The Morgan fingerprint density at radius 3 is 1.46 bits per heavy atom. The summed E-state index contributed by atoms with van der Waals surface area (Å²) in [6.07, 6.45) is 7.22. The summed E-state index contributed by atoms with van der Waals surface area (Å²) in [6, 6.07) is 29.5. The molecule has 0 N–H and O–H groups in total. The maximum absolute atomic E-state index is 14.7. The van der Waals surface area contributed by atoms with E-state index in [-0.39, 0.29) is 5.82 Å². The number of benzene rings is 4. The topological polar surface area (TPSA) is 100 Å². The second-order valence-electron chi connectivity index (χ2n) is 18.1. The molecule has 0 radical (unpaired) electrons. The minimum atomic E-state index is -0.737. The Bertz CT molecular complexity index is 2980. The average molecular weight is 1080 g/mol. The van der Waals surface area contributed by atoms with E-state index in [1.54, 1.807) is 46.9 Å². The lowest BCUT2D eigenvalue weighted by molar-refractivity contribution is 0.00578. The van der Waals surface area contributed by atoms with Gasteiger partial charge in [-0.1, -0.05) is 32.8 Å². The molecule has 1 aliphatic rings. The molecule has 0 aliphatic carbocycles. The second kappa shape index (κ2) is 23.6. The van der Waals surface area contributed by atoms with Crippen molar-refractivity contribution in [3.05, 3.63) is 122 Å². The molecule has 1 aliphatic heterocycles. The molecule has 0 saturated carbocycles. The van der Waals surface area contributed by atoms with Crippen LogP contribution in [0, 0.1) is 11.6 Å². The number of unbranched alkanes of at least 4 members (excludes halogenated alkanes) is 2. The van der Waals surface area contributed by atoms with Gasteiger partial charge in [0.2, 0.25) is 0 Å². The quantitative estimate of drug-likeness (QED) is 0.0794. The number of hydrogen-bond donors (Lipinski definition) is 0. The summed E-state index contributed by atoms with van der Waals surface area (Å²) in [7, 11) is 7.18. The van der Waals surface area contributed by atoms with E-state index >= 15 is 0 Å². The maximum atomic E-state index is 14.7. The minimum Gasteiger partial charge on any atom is -0.399 e. The summed E-state index contributed by atoms with van der Waals surface area (Å²) in [6.45, 7) is 12.2. The molecule has 1 fully saturated rings. The second-order valence-corrected chi connectivity index (χ2v) is 23.7. The van der Waals surface area contributed by atoms with E-state index in [2.05, 4.69) is 72.3 Å². The first kappa shape index (κ1) is 53.0. The largest absolute Gasteiger partial charge is 0.497 e. The van der Waals surface area contributed by atoms with E-state index in [1.165, 1.54) is 74.9 Å². The molecule has 0 bridgehead atoms. The van der Waals surface area contributed by atoms with Gasteiger partial charge in [-0.2, -0.15) is 20.5 Å². The Labute approximate surface area is 434 Å². The van der Waals surface area contributed by atoms with Gasteiger partial charge in [0.15, 0.2) is 3.92 Å². The van der Waals surface area contributed by atoms with Crippen LogP contribution in [0.4, 0.5) is 42.9 Å². The molecular formula is C52H58BBrF2N8O2S4. The van der Waals surface area contributed by atoms with Crippen LogP contribution < -0.4 is 15.3 Å². The molecule has 0 amide bonds. The summed E-state index contributed by atoms with van der Waals surface area (Å²) in [5.74, 6) is -0.755. The SMILES string of the molecule is CCCCc1cc2sc(-c3ccc(N=Nc4ccc(N(C)C)cc4)cc3F)nc2s1.CCCCc1cc2sc(Br)nc2s1.CN(C)c1ccc(N=Nc2ccc(B3OC(C)(C)C(C)(C)O3)c(F)c2)cc1. The van der Waals surface area contributed by atoms with Crippen LogP contribution in [0.25, 0.3) is 29.6 Å². The van der Waals surface area contributed by atoms with E-state index in [4.69, 9.17) is 9.31 Å². The standard InChI is InChI=1S/C23H23FN4S2.C20H25BFN3O2.C9H10BrNS2/c1-4-5-6-18-14-21-23(29-18)25-22(30-21)19-12-9-16(13-20(19)24)27-26-15-7-10-17(11-8-15)28(2)3;1-19(2)20(3,4)27-21(26-19)17-12-9-15(13-18(17)22)24-23-14-7-10-16(11-8-14)25(5)6;1-2-3-4-6-5-7-8(12-6)11-9(10)13-7/h7-14H,4-6H2,1-3H3;7-13H,1-6H3;5H,2-4H2,1H3. The summed E-state index contributed by atoms with van der Waals surface area (Å²) < 4.78 is 44.6. The Morgan fingerprint density at radius 2 is 1.01 bits per heavy atom. The lowest BCUT2D eigenvalue weighted by Crippen LogP contribution is -2.41. The van der Waals surface area contributed by atoms with Gasteiger partial charge >= 0.3 is 7.12 Å². The van der Waals surface area contributed by atoms with E-state index in [0.29, 0.717) is 33.1 Å². The van der Waals surface area contributed by atoms with Crippen molar-refractivity contribution in [2.75, 3.05) is 38.0 Å². The fourth-order valence-electron chi connectivity index (χ4n) is 6.95. The molecule has 5 heterocycles. The number of thiophene rings is 2. The molecule has 18 heteroatoms. The molecule has 0 atom stereocenters. The normalized spacial score (nSPS) is 14.1. The van der Waals surface area contributed by atoms with Gasteiger partial charge in [-0.25, -0.2) is 18.7 Å². The highest BCUT2D eigenvalue weighted by molar-refractivity contribution is 9.11. The number of thiazole rings is 2. The van der Waals surface area contributed by atoms with Gasteiger partial charge in [-0.3, -0.25) is 0 Å². The van der Waals surface area contributed by atoms with Crippen molar-refractivity contribution in [3.8, 4) is 10.6 Å². The number of anilines is 2. The van der Waals surface area contributed by atoms with Gasteiger partial charge in [0.1, 0.15) is 26.3 Å². The van der Waals surface area contributed by atoms with Crippen molar-refractivity contribution in [1.29, 1.82) is 0 Å². The third kappa shape index (κ3) is 13.6. The zero-order valence-electron chi connectivity index (χ0n) is 41.2. The number of fused-ring (bicyclic) bond motifs is 2. The first-order valence-corrected chi connectivity index (χ1v) is 27.2. The predicted octanol–water partition coefficient (Wildman–Crippen LogP) is 17.1. The van der Waals surface area contributed by atoms with Gasteiger partial charge in [0.05, 0.1) is 43.4 Å². The molecule has 0 spiro atoms. The van der Waals surface area contributed by atoms with Crippen molar-refractivity contribution in [3.63, 3.8) is 0 Å². The van der Waals surface area contributed by atoms with Crippen LogP contribution in [0.3, 0.4) is 0 Å². The summed E-state index contributed by atoms with van der Waals surface area (Å²) in [5, 5.41) is 17.4. The van der Waals surface area contributed by atoms with Crippen LogP contribution in [0.5, 0.6) is 0 Å². The van der Waals surface area contributed by atoms with Crippen LogP contribution in [0.2, 0.25) is 0 Å². The van der Waals surface area contributed by atoms with Crippen LogP contribution in [0.15, 0.2) is 121 Å². The Morgan fingerprint density at radius 1 is 0.571 bits per heavy atom. The third-order valence-electron chi connectivity index (χ3n) is 11.8. The number of aryl methyl sites for hydroxylation is 2. The Hall–Kier alpha value is -4.82. The Balaban J connectivity index is 0.000000166. The molecule has 9 rings (SSSR count). The number of rotatable bonds is 14. The van der Waals surface area contributed by atoms with Crippen molar-refractivity contribution in [2.45, 2.75) is 91.3 Å². The van der Waals surface area contributed by atoms with Gasteiger partial charge in [0.25, 0.3) is 0 Å². The first-order chi connectivity index (χ1) is 33.4. The molecule has 10 nitrogen and oxygen atoms in total. The third-order valence-corrected chi connectivity index (χ3v) is 16.7. The monoisotopic (exact) mass is 1080 g/mol. The van der Waals surface area contributed by atoms with Crippen molar-refractivity contribution in [1.82, 2.24) is 9.97 Å². The van der Waals surface area contributed by atoms with Crippen LogP contribution in [0.1, 0.15) is 77.0 Å². The molecule has 4 aromatic carbocycles. The Kier molecular flexibility index (Phi) is 17.9. The van der Waals surface area contributed by atoms with Crippen LogP contribution in [-0.2, 0) is 22.2 Å². The zero-order valence-corrected chi connectivity index (χ0v) is 46.1. The lowest BCUT2D eigenvalue weighted by atomic mass is 9.78. The fraction of sp³-hybridized carbons (Fsp3) is 0.346. The highest BCUT2D eigenvalue weighted by Gasteiger charge is 2.52. The summed E-state index contributed by atoms with van der Waals surface area (Å²) in [4.78, 5) is 18.1. The molecular weight excluding hydrogens is 1030 g/mol. The molecule has 8 aromatic rings. The molecule has 4 aromatic heterocycles. The van der Waals surface area contributed by atoms with Crippen molar-refractivity contribution in [2.24, 2.45) is 20.5 Å². The van der Waals surface area contributed by atoms with E-state index < -0.39 is 24.1 Å². The van der Waals surface area contributed by atoms with Gasteiger partial charge in [-0.15, -0.1) is 45.3 Å². The average Bonchev–Trinajstić information content (AvgIpc) is 4.12. The summed E-state index contributed by atoms with van der Waals surface area (Å²) in [5.41, 5.74) is 4.35. The molecule has 70 heavy (non-hydrogen) atoms. The van der Waals surface area contributed by atoms with E-state index in [9.17, 15) is 8.78 Å². The highest BCUT2D eigenvalue weighted by Crippen LogP contribution is 2.39. The van der Waals surface area contributed by atoms with E-state index in [0.717, 1.165) is 36.9 Å². The van der Waals surface area contributed by atoms with Crippen molar-refractivity contribution >= 4 is 127 Å². The number of aromatic nitrogens is 2. The number of halogens is 3. The van der Waals surface area contributed by atoms with E-state index in [1.807, 2.05) is 126 Å². The maximum Gasteiger partial charge on any atom is 0.497 e. The highest BCUT2D eigenvalue weighted by atomic mass is 79.9. The minimum absolute atomic E-state index is 0.331. The van der Waals surface area contributed by atoms with Gasteiger partial charge < -0.3 is 19.1 Å². The predicted molar refractivity (Wildman–Crippen MR) is 297 cm³/mol. The number of azo groups is 2. The lowest BCUT2D eigenvalue weighted by Gasteiger charge is -2.32. The van der Waals surface area contributed by atoms with Gasteiger partial charge in [0, 0.05) is 72.5 Å². The fourth-order valence-corrected chi connectivity index (χ4v) is 12.1. The first-order valence-electron chi connectivity index (χ1n) is 23.2. The van der Waals surface area contributed by atoms with Gasteiger partial charge in [-0.05, 0) is 148 Å². The molecule has 1 saturated heterocycles. The number of hydrogen-bond acceptors (Lipinski definition) is 14. The zero-order chi connectivity index (χ0) is 50.2. The van der Waals surface area contributed by atoms with Crippen molar-refractivity contribution < 1.29 is 18.1 Å². The molecule has 366 valence electrons. The smallest absolute Gasteiger partial charge is 0.399 e.